The van der Waals surface area contributed by atoms with Crippen LogP contribution in [0.3, 0.4) is 0 Å². The maximum atomic E-state index is 14.1. The SMILES string of the molecule is O=C(O)c1cc(-c2c(F)cccc2N2CCCC2)on1. The van der Waals surface area contributed by atoms with Crippen LogP contribution < -0.4 is 4.90 Å². The fraction of sp³-hybridized carbons (Fsp3) is 0.286. The molecule has 104 valence electrons. The van der Waals surface area contributed by atoms with E-state index in [1.807, 2.05) is 6.07 Å². The molecule has 1 aliphatic rings. The lowest BCUT2D eigenvalue weighted by Gasteiger charge is -2.20. The van der Waals surface area contributed by atoms with E-state index in [1.165, 1.54) is 12.1 Å². The van der Waals surface area contributed by atoms with Crippen LogP contribution in [0.5, 0.6) is 0 Å². The maximum absolute atomic E-state index is 14.1. The van der Waals surface area contributed by atoms with Crippen molar-refractivity contribution in [1.29, 1.82) is 0 Å². The number of hydrogen-bond donors (Lipinski definition) is 1. The summed E-state index contributed by atoms with van der Waals surface area (Å²) >= 11 is 0. The highest BCUT2D eigenvalue weighted by Gasteiger charge is 2.23. The maximum Gasteiger partial charge on any atom is 0.358 e. The molecule has 2 aromatic rings. The van der Waals surface area contributed by atoms with Crippen LogP contribution in [0.25, 0.3) is 11.3 Å². The molecule has 1 saturated heterocycles. The number of aromatic nitrogens is 1. The number of halogens is 1. The summed E-state index contributed by atoms with van der Waals surface area (Å²) in [6, 6.07) is 6.03. The van der Waals surface area contributed by atoms with E-state index in [0.717, 1.165) is 31.6 Å². The second-order valence-electron chi connectivity index (χ2n) is 4.71. The zero-order valence-corrected chi connectivity index (χ0v) is 10.7. The Morgan fingerprint density at radius 1 is 1.35 bits per heavy atom. The third kappa shape index (κ3) is 2.13. The van der Waals surface area contributed by atoms with Crippen LogP contribution in [0.1, 0.15) is 23.3 Å². The van der Waals surface area contributed by atoms with Crippen LogP contribution >= 0.6 is 0 Å². The molecule has 1 N–H and O–H groups in total. The van der Waals surface area contributed by atoms with Crippen molar-refractivity contribution < 1.29 is 18.8 Å². The third-order valence-corrected chi connectivity index (χ3v) is 3.41. The summed E-state index contributed by atoms with van der Waals surface area (Å²) in [4.78, 5) is 12.9. The smallest absolute Gasteiger partial charge is 0.358 e. The second-order valence-corrected chi connectivity index (χ2v) is 4.71. The lowest BCUT2D eigenvalue weighted by Crippen LogP contribution is -2.18. The predicted molar refractivity (Wildman–Crippen MR) is 70.3 cm³/mol. The van der Waals surface area contributed by atoms with E-state index in [2.05, 4.69) is 10.1 Å². The van der Waals surface area contributed by atoms with Crippen molar-refractivity contribution in [3.8, 4) is 11.3 Å². The summed E-state index contributed by atoms with van der Waals surface area (Å²) in [5, 5.41) is 12.3. The van der Waals surface area contributed by atoms with E-state index in [0.29, 0.717) is 0 Å². The molecule has 0 aliphatic carbocycles. The zero-order valence-electron chi connectivity index (χ0n) is 10.7. The largest absolute Gasteiger partial charge is 0.476 e. The monoisotopic (exact) mass is 276 g/mol. The van der Waals surface area contributed by atoms with E-state index in [-0.39, 0.29) is 17.0 Å². The molecule has 0 atom stereocenters. The normalized spacial score (nSPS) is 14.8. The van der Waals surface area contributed by atoms with Crippen molar-refractivity contribution in [2.45, 2.75) is 12.8 Å². The number of carbonyl (C=O) groups is 1. The third-order valence-electron chi connectivity index (χ3n) is 3.41. The Morgan fingerprint density at radius 2 is 2.10 bits per heavy atom. The van der Waals surface area contributed by atoms with E-state index >= 15 is 0 Å². The Bertz CT molecular complexity index is 648. The lowest BCUT2D eigenvalue weighted by atomic mass is 10.1. The van der Waals surface area contributed by atoms with E-state index < -0.39 is 11.8 Å². The second kappa shape index (κ2) is 4.96. The summed E-state index contributed by atoms with van der Waals surface area (Å²) in [7, 11) is 0. The number of nitrogens with zero attached hydrogens (tertiary/aromatic N) is 2. The minimum Gasteiger partial charge on any atom is -0.476 e. The van der Waals surface area contributed by atoms with Gasteiger partial charge in [0, 0.05) is 19.2 Å². The van der Waals surface area contributed by atoms with Gasteiger partial charge in [0.25, 0.3) is 0 Å². The van der Waals surface area contributed by atoms with Crippen molar-refractivity contribution in [1.82, 2.24) is 5.16 Å². The van der Waals surface area contributed by atoms with Crippen LogP contribution in [-0.2, 0) is 0 Å². The van der Waals surface area contributed by atoms with Gasteiger partial charge in [-0.3, -0.25) is 0 Å². The standard InChI is InChI=1S/C14H13FN2O3/c15-9-4-3-5-11(17-6-1-2-7-17)13(9)12-8-10(14(18)19)16-20-12/h3-5,8H,1-2,6-7H2,(H,18,19). The molecule has 1 aromatic heterocycles. The summed E-state index contributed by atoms with van der Waals surface area (Å²) in [6.07, 6.45) is 2.12. The molecule has 20 heavy (non-hydrogen) atoms. The molecule has 1 fully saturated rings. The van der Waals surface area contributed by atoms with Gasteiger partial charge in [0.15, 0.2) is 11.5 Å². The van der Waals surface area contributed by atoms with E-state index in [9.17, 15) is 9.18 Å². The fourth-order valence-corrected chi connectivity index (χ4v) is 2.47. The van der Waals surface area contributed by atoms with Gasteiger partial charge < -0.3 is 14.5 Å². The summed E-state index contributed by atoms with van der Waals surface area (Å²) < 4.78 is 19.1. The molecular formula is C14H13FN2O3. The fourth-order valence-electron chi connectivity index (χ4n) is 2.47. The molecule has 1 aliphatic heterocycles. The molecule has 0 amide bonds. The van der Waals surface area contributed by atoms with Gasteiger partial charge in [-0.25, -0.2) is 9.18 Å². The lowest BCUT2D eigenvalue weighted by molar-refractivity contribution is 0.0686. The molecule has 0 unspecified atom stereocenters. The summed E-state index contributed by atoms with van der Waals surface area (Å²) in [6.45, 7) is 1.72. The highest BCUT2D eigenvalue weighted by atomic mass is 19.1. The highest BCUT2D eigenvalue weighted by molar-refractivity contribution is 5.87. The van der Waals surface area contributed by atoms with Gasteiger partial charge in [0.1, 0.15) is 5.82 Å². The quantitative estimate of drug-likeness (QED) is 0.933. The number of carboxylic acids is 1. The summed E-state index contributed by atoms with van der Waals surface area (Å²) in [5.74, 6) is -1.50. The first-order chi connectivity index (χ1) is 9.66. The van der Waals surface area contributed by atoms with Crippen molar-refractivity contribution in [3.63, 3.8) is 0 Å². The minimum absolute atomic E-state index is 0.141. The van der Waals surface area contributed by atoms with Crippen LogP contribution in [0, 0.1) is 5.82 Å². The van der Waals surface area contributed by atoms with Crippen LogP contribution in [0.2, 0.25) is 0 Å². The van der Waals surface area contributed by atoms with Gasteiger partial charge in [0.05, 0.1) is 11.3 Å². The topological polar surface area (TPSA) is 66.6 Å². The van der Waals surface area contributed by atoms with Crippen LogP contribution in [-0.4, -0.2) is 29.3 Å². The number of carboxylic acid groups (broad SMARTS) is 1. The van der Waals surface area contributed by atoms with Gasteiger partial charge in [0.2, 0.25) is 0 Å². The average Bonchev–Trinajstić information content (AvgIpc) is 3.10. The van der Waals surface area contributed by atoms with Crippen molar-refractivity contribution in [3.05, 3.63) is 35.8 Å². The Hall–Kier alpha value is -2.37. The Morgan fingerprint density at radius 3 is 2.75 bits per heavy atom. The molecule has 6 heteroatoms. The first-order valence-corrected chi connectivity index (χ1v) is 6.40. The molecule has 5 nitrogen and oxygen atoms in total. The number of aromatic carboxylic acids is 1. The molecule has 3 rings (SSSR count). The van der Waals surface area contributed by atoms with Gasteiger partial charge in [-0.15, -0.1) is 0 Å². The minimum atomic E-state index is -1.20. The van der Waals surface area contributed by atoms with Crippen LogP contribution in [0.15, 0.2) is 28.8 Å². The number of benzene rings is 1. The molecule has 0 bridgehead atoms. The number of rotatable bonds is 3. The molecular weight excluding hydrogens is 263 g/mol. The first-order valence-electron chi connectivity index (χ1n) is 6.40. The van der Waals surface area contributed by atoms with E-state index in [1.54, 1.807) is 6.07 Å². The molecule has 2 heterocycles. The zero-order chi connectivity index (χ0) is 14.1. The van der Waals surface area contributed by atoms with Gasteiger partial charge in [-0.05, 0) is 25.0 Å². The predicted octanol–water partition coefficient (Wildman–Crippen LogP) is 2.78. The molecule has 0 saturated carbocycles. The Labute approximate surface area is 114 Å². The molecule has 0 radical (unpaired) electrons. The Balaban J connectivity index is 2.08. The van der Waals surface area contributed by atoms with Gasteiger partial charge >= 0.3 is 5.97 Å². The first kappa shape index (κ1) is 12.7. The highest BCUT2D eigenvalue weighted by Crippen LogP contribution is 2.35. The van der Waals surface area contributed by atoms with Crippen molar-refractivity contribution in [2.75, 3.05) is 18.0 Å². The van der Waals surface area contributed by atoms with Crippen LogP contribution in [0.4, 0.5) is 10.1 Å². The number of anilines is 1. The average molecular weight is 276 g/mol. The number of hydrogen-bond acceptors (Lipinski definition) is 4. The Kier molecular flexibility index (Phi) is 3.14. The van der Waals surface area contributed by atoms with Crippen molar-refractivity contribution >= 4 is 11.7 Å². The van der Waals surface area contributed by atoms with Gasteiger partial charge in [-0.1, -0.05) is 11.2 Å². The van der Waals surface area contributed by atoms with Gasteiger partial charge in [-0.2, -0.15) is 0 Å². The summed E-state index contributed by atoms with van der Waals surface area (Å²) in [5.41, 5.74) is 0.764. The van der Waals surface area contributed by atoms with E-state index in [4.69, 9.17) is 9.63 Å². The molecule has 0 spiro atoms. The van der Waals surface area contributed by atoms with Crippen molar-refractivity contribution in [2.24, 2.45) is 0 Å². The molecule has 1 aromatic carbocycles.